The summed E-state index contributed by atoms with van der Waals surface area (Å²) in [6.07, 6.45) is 0. The summed E-state index contributed by atoms with van der Waals surface area (Å²) < 4.78 is 15.9. The van der Waals surface area contributed by atoms with E-state index in [1.165, 1.54) is 0 Å². The summed E-state index contributed by atoms with van der Waals surface area (Å²) >= 11 is 0. The van der Waals surface area contributed by atoms with Gasteiger partial charge in [0.25, 0.3) is 0 Å². The van der Waals surface area contributed by atoms with Gasteiger partial charge in [-0.3, -0.25) is 0 Å². The molecule has 12 rings (SSSR count). The van der Waals surface area contributed by atoms with Crippen LogP contribution in [0.2, 0.25) is 0 Å². The average molecular weight is 730 g/mol. The minimum Gasteiger partial charge on any atom is -0.455 e. The van der Waals surface area contributed by atoms with Crippen molar-refractivity contribution >= 4 is 65.7 Å². The molecule has 0 radical (unpaired) electrons. The van der Waals surface area contributed by atoms with Crippen molar-refractivity contribution in [3.05, 3.63) is 188 Å². The molecule has 8 aromatic carbocycles. The molecule has 4 aromatic heterocycles. The molecule has 0 saturated carbocycles. The van der Waals surface area contributed by atoms with E-state index < -0.39 is 0 Å². The maximum atomic E-state index is 7.07. The molecular weight excluding hydrogens is 699 g/mol. The van der Waals surface area contributed by atoms with Gasteiger partial charge in [-0.15, -0.1) is 0 Å². The third-order valence-corrected chi connectivity index (χ3v) is 11.2. The molecule has 0 bridgehead atoms. The van der Waals surface area contributed by atoms with Crippen LogP contribution >= 0.6 is 0 Å². The molecule has 0 atom stereocenters. The van der Waals surface area contributed by atoms with E-state index in [9.17, 15) is 0 Å². The van der Waals surface area contributed by atoms with E-state index in [0.29, 0.717) is 5.82 Å². The van der Waals surface area contributed by atoms with E-state index >= 15 is 0 Å². The smallest absolute Gasteiger partial charge is 0.164 e. The third kappa shape index (κ3) is 4.89. The number of fused-ring (bicyclic) bond motifs is 10. The number of aromatic nitrogens is 3. The van der Waals surface area contributed by atoms with E-state index in [-0.39, 0.29) is 0 Å². The quantitative estimate of drug-likeness (QED) is 0.177. The first-order valence-electron chi connectivity index (χ1n) is 19.2. The summed E-state index contributed by atoms with van der Waals surface area (Å²) in [7, 11) is 0. The monoisotopic (exact) mass is 729 g/mol. The van der Waals surface area contributed by atoms with Crippen LogP contribution < -0.4 is 0 Å². The zero-order valence-corrected chi connectivity index (χ0v) is 30.6. The van der Waals surface area contributed by atoms with Gasteiger partial charge >= 0.3 is 0 Å². The van der Waals surface area contributed by atoms with Gasteiger partial charge in [0.05, 0.1) is 33.4 Å². The predicted octanol–water partition coefficient (Wildman–Crippen LogP) is 14.0. The molecule has 0 unspecified atom stereocenters. The molecule has 0 aliphatic heterocycles. The van der Waals surface area contributed by atoms with Gasteiger partial charge in [-0.25, -0.2) is 9.97 Å². The topological polar surface area (TPSA) is 57.0 Å². The van der Waals surface area contributed by atoms with E-state index in [1.807, 2.05) is 24.3 Å². The van der Waals surface area contributed by atoms with Crippen molar-refractivity contribution in [1.29, 1.82) is 0 Å². The van der Waals surface area contributed by atoms with Crippen LogP contribution in [0.1, 0.15) is 0 Å². The van der Waals surface area contributed by atoms with Gasteiger partial charge in [0.2, 0.25) is 0 Å². The second-order valence-electron chi connectivity index (χ2n) is 14.5. The number of hydrogen-bond acceptors (Lipinski definition) is 4. The number of furan rings is 2. The molecule has 266 valence electrons. The zero-order valence-electron chi connectivity index (χ0n) is 30.6. The first kappa shape index (κ1) is 31.6. The molecule has 0 spiro atoms. The Balaban J connectivity index is 1.12. The Labute approximate surface area is 326 Å². The van der Waals surface area contributed by atoms with Gasteiger partial charge < -0.3 is 13.4 Å². The Hall–Kier alpha value is -7.76. The maximum Gasteiger partial charge on any atom is 0.164 e. The normalized spacial score (nSPS) is 11.9. The van der Waals surface area contributed by atoms with Crippen molar-refractivity contribution in [2.24, 2.45) is 0 Å². The molecule has 0 N–H and O–H groups in total. The fraction of sp³-hybridized carbons (Fsp3) is 0. The van der Waals surface area contributed by atoms with Crippen LogP contribution in [0.5, 0.6) is 0 Å². The van der Waals surface area contributed by atoms with Crippen molar-refractivity contribution in [2.45, 2.75) is 0 Å². The number of rotatable bonds is 5. The molecule has 0 saturated heterocycles. The molecule has 0 aliphatic rings. The summed E-state index contributed by atoms with van der Waals surface area (Å²) in [5, 5.41) is 6.41. The summed E-state index contributed by atoms with van der Waals surface area (Å²) in [5.41, 5.74) is 13.1. The Morgan fingerprint density at radius 3 is 1.84 bits per heavy atom. The zero-order chi connectivity index (χ0) is 37.5. The highest BCUT2D eigenvalue weighted by Gasteiger charge is 2.22. The Bertz CT molecular complexity index is 3520. The van der Waals surface area contributed by atoms with E-state index in [2.05, 4.69) is 168 Å². The Morgan fingerprint density at radius 2 is 0.982 bits per heavy atom. The van der Waals surface area contributed by atoms with Crippen molar-refractivity contribution in [2.75, 3.05) is 0 Å². The second kappa shape index (κ2) is 12.4. The maximum absolute atomic E-state index is 7.07. The summed E-state index contributed by atoms with van der Waals surface area (Å²) in [4.78, 5) is 10.7. The van der Waals surface area contributed by atoms with Crippen LogP contribution in [0.4, 0.5) is 0 Å². The minimum absolute atomic E-state index is 0.577. The fourth-order valence-corrected chi connectivity index (χ4v) is 8.63. The highest BCUT2D eigenvalue weighted by Crippen LogP contribution is 2.43. The second-order valence-corrected chi connectivity index (χ2v) is 14.5. The summed E-state index contributed by atoms with van der Waals surface area (Å²) in [6, 6.07) is 65.3. The van der Waals surface area contributed by atoms with Crippen LogP contribution in [0.3, 0.4) is 0 Å². The van der Waals surface area contributed by atoms with Gasteiger partial charge in [0, 0.05) is 43.7 Å². The number of benzene rings is 8. The molecule has 4 heterocycles. The molecule has 0 amide bonds. The average Bonchev–Trinajstić information content (AvgIpc) is 3.96. The molecule has 12 aromatic rings. The highest BCUT2D eigenvalue weighted by molar-refractivity contribution is 6.24. The van der Waals surface area contributed by atoms with Crippen LogP contribution in [0.15, 0.2) is 197 Å². The summed E-state index contributed by atoms with van der Waals surface area (Å²) in [5.74, 6) is 0.577. The van der Waals surface area contributed by atoms with Crippen molar-refractivity contribution < 1.29 is 8.83 Å². The van der Waals surface area contributed by atoms with Crippen molar-refractivity contribution in [3.63, 3.8) is 0 Å². The van der Waals surface area contributed by atoms with E-state index in [1.54, 1.807) is 0 Å². The number of hydrogen-bond donors (Lipinski definition) is 0. The Morgan fingerprint density at radius 1 is 0.368 bits per heavy atom. The molecule has 5 heteroatoms. The van der Waals surface area contributed by atoms with E-state index in [0.717, 1.165) is 111 Å². The lowest BCUT2D eigenvalue weighted by molar-refractivity contribution is 0.670. The lowest BCUT2D eigenvalue weighted by atomic mass is 10.00. The Kier molecular flexibility index (Phi) is 6.86. The van der Waals surface area contributed by atoms with Crippen LogP contribution in [-0.2, 0) is 0 Å². The van der Waals surface area contributed by atoms with Crippen LogP contribution in [0, 0.1) is 0 Å². The number of nitrogens with zero attached hydrogens (tertiary/aromatic N) is 3. The van der Waals surface area contributed by atoms with Crippen LogP contribution in [-0.4, -0.2) is 14.5 Å². The van der Waals surface area contributed by atoms with Gasteiger partial charge in [-0.05, 0) is 71.8 Å². The van der Waals surface area contributed by atoms with Gasteiger partial charge in [0.15, 0.2) is 5.82 Å². The predicted molar refractivity (Wildman–Crippen MR) is 233 cm³/mol. The summed E-state index contributed by atoms with van der Waals surface area (Å²) in [6.45, 7) is 0. The molecule has 0 fully saturated rings. The minimum atomic E-state index is 0.577. The molecule has 5 nitrogen and oxygen atoms in total. The van der Waals surface area contributed by atoms with Gasteiger partial charge in [-0.2, -0.15) is 0 Å². The number of para-hydroxylation sites is 5. The molecule has 0 aliphatic carbocycles. The first-order valence-corrected chi connectivity index (χ1v) is 19.2. The standard InChI is InChI=1S/C52H31N3O2/c1-3-14-32(15-4-1)33-16-11-17-34(30-33)43-31-44(40-24-12-22-37-36-20-8-10-27-47(36)56-49(37)40)54-52(53-43)42-25-13-23-38-39-28-29-46-48(51(39)57-50(38)42)41-21-7-9-26-45(41)55(46)35-18-5-2-6-19-35/h1-31H. The van der Waals surface area contributed by atoms with E-state index in [4.69, 9.17) is 18.8 Å². The van der Waals surface area contributed by atoms with Crippen molar-refractivity contribution in [3.8, 4) is 50.7 Å². The SMILES string of the molecule is c1ccc(-c2cccc(-c3cc(-c4cccc5c4oc4ccccc45)nc(-c4cccc5c4oc4c5ccc5c4c4ccccc4n5-c4ccccc4)n3)c2)cc1. The largest absolute Gasteiger partial charge is 0.455 e. The lowest BCUT2D eigenvalue weighted by Gasteiger charge is -2.11. The molecule has 57 heavy (non-hydrogen) atoms. The third-order valence-electron chi connectivity index (χ3n) is 11.2. The van der Waals surface area contributed by atoms with Gasteiger partial charge in [0.1, 0.15) is 22.3 Å². The first-order chi connectivity index (χ1) is 28.3. The van der Waals surface area contributed by atoms with Crippen LogP contribution in [0.25, 0.3) is 116 Å². The van der Waals surface area contributed by atoms with Gasteiger partial charge in [-0.1, -0.05) is 127 Å². The highest BCUT2D eigenvalue weighted by atomic mass is 16.3. The van der Waals surface area contributed by atoms with Crippen molar-refractivity contribution in [1.82, 2.24) is 14.5 Å². The molecular formula is C52H31N3O2. The fourth-order valence-electron chi connectivity index (χ4n) is 8.63. The lowest BCUT2D eigenvalue weighted by Crippen LogP contribution is -1.96.